The Bertz CT molecular complexity index is 867. The third kappa shape index (κ3) is 5.97. The van der Waals surface area contributed by atoms with Crippen molar-refractivity contribution in [3.05, 3.63) is 30.1 Å². The summed E-state index contributed by atoms with van der Waals surface area (Å²) in [6.07, 6.45) is -0.271. The van der Waals surface area contributed by atoms with Gasteiger partial charge in [-0.15, -0.1) is 24.0 Å². The molecule has 1 fully saturated rings. The number of halogens is 1. The first-order valence-electron chi connectivity index (χ1n) is 9.70. The average molecular weight is 514 g/mol. The lowest BCUT2D eigenvalue weighted by Crippen LogP contribution is -2.63. The van der Waals surface area contributed by atoms with E-state index in [2.05, 4.69) is 31.2 Å². The number of guanidine groups is 1. The number of carbonyl (C=O) groups is 1. The number of carbonyl (C=O) groups excluding carboxylic acids is 1. The number of amides is 1. The molecule has 0 bridgehead atoms. The number of fused-ring (bicyclic) bond motifs is 1. The van der Waals surface area contributed by atoms with Crippen molar-refractivity contribution in [1.82, 2.24) is 25.1 Å². The van der Waals surface area contributed by atoms with Gasteiger partial charge in [-0.3, -0.25) is 0 Å². The number of likely N-dealkylation sites (tertiary alicyclic amines) is 1. The molecule has 29 heavy (non-hydrogen) atoms. The maximum Gasteiger partial charge on any atom is 0.410 e. The SMILES string of the molecule is CCNC(=NCc1nc2ccccc2n1C)NC1CN(C(=O)OC(C)(C)C)C1.I. The van der Waals surface area contributed by atoms with Crippen LogP contribution < -0.4 is 10.6 Å². The number of aryl methyl sites for hydroxylation is 1. The summed E-state index contributed by atoms with van der Waals surface area (Å²) in [6, 6.07) is 8.21. The van der Waals surface area contributed by atoms with E-state index in [0.717, 1.165) is 29.4 Å². The van der Waals surface area contributed by atoms with Gasteiger partial charge in [-0.05, 0) is 39.8 Å². The summed E-state index contributed by atoms with van der Waals surface area (Å²) in [4.78, 5) is 23.1. The standard InChI is InChI=1S/C20H30N6O2.HI/c1-6-21-18(23-14-12-26(13-14)19(27)28-20(2,3)4)22-11-17-24-15-9-7-8-10-16(15)25(17)5;/h7-10,14H,6,11-13H2,1-5H3,(H2,21,22,23);1H. The number of nitrogens with one attached hydrogen (secondary N) is 2. The summed E-state index contributed by atoms with van der Waals surface area (Å²) < 4.78 is 7.46. The summed E-state index contributed by atoms with van der Waals surface area (Å²) >= 11 is 0. The third-order valence-electron chi connectivity index (χ3n) is 4.48. The van der Waals surface area contributed by atoms with Crippen LogP contribution in [0.25, 0.3) is 11.0 Å². The molecule has 8 nitrogen and oxygen atoms in total. The van der Waals surface area contributed by atoms with Gasteiger partial charge in [0, 0.05) is 26.7 Å². The predicted octanol–water partition coefficient (Wildman–Crippen LogP) is 2.87. The van der Waals surface area contributed by atoms with Gasteiger partial charge in [-0.1, -0.05) is 12.1 Å². The zero-order valence-corrected chi connectivity index (χ0v) is 20.1. The smallest absolute Gasteiger partial charge is 0.410 e. The van der Waals surface area contributed by atoms with E-state index in [1.165, 1.54) is 0 Å². The van der Waals surface area contributed by atoms with Crippen molar-refractivity contribution >= 4 is 47.1 Å². The van der Waals surface area contributed by atoms with Gasteiger partial charge >= 0.3 is 6.09 Å². The molecule has 9 heteroatoms. The minimum atomic E-state index is -0.475. The van der Waals surface area contributed by atoms with Crippen LogP contribution in [0.3, 0.4) is 0 Å². The van der Waals surface area contributed by atoms with E-state index in [9.17, 15) is 4.79 Å². The molecule has 0 saturated carbocycles. The van der Waals surface area contributed by atoms with Gasteiger partial charge in [0.05, 0.1) is 17.1 Å². The fourth-order valence-corrected chi connectivity index (χ4v) is 3.05. The van der Waals surface area contributed by atoms with Crippen LogP contribution in [0.5, 0.6) is 0 Å². The molecule has 160 valence electrons. The molecule has 2 aromatic rings. The highest BCUT2D eigenvalue weighted by molar-refractivity contribution is 14.0. The molecule has 2 N–H and O–H groups in total. The maximum atomic E-state index is 12.1. The fourth-order valence-electron chi connectivity index (χ4n) is 3.05. The molecule has 1 aromatic heterocycles. The Morgan fingerprint density at radius 1 is 1.31 bits per heavy atom. The third-order valence-corrected chi connectivity index (χ3v) is 4.48. The predicted molar refractivity (Wildman–Crippen MR) is 126 cm³/mol. The lowest BCUT2D eigenvalue weighted by Gasteiger charge is -2.40. The second-order valence-corrected chi connectivity index (χ2v) is 8.00. The van der Waals surface area contributed by atoms with E-state index < -0.39 is 5.60 Å². The number of aromatic nitrogens is 2. The van der Waals surface area contributed by atoms with Crippen molar-refractivity contribution < 1.29 is 9.53 Å². The van der Waals surface area contributed by atoms with Gasteiger partial charge in [0.1, 0.15) is 18.0 Å². The zero-order valence-electron chi connectivity index (χ0n) is 17.7. The molecule has 0 atom stereocenters. The van der Waals surface area contributed by atoms with Gasteiger partial charge in [-0.2, -0.15) is 0 Å². The molecular formula is C20H31IN6O2. The summed E-state index contributed by atoms with van der Waals surface area (Å²) in [5.74, 6) is 1.63. The van der Waals surface area contributed by atoms with Gasteiger partial charge in [0.25, 0.3) is 0 Å². The highest BCUT2D eigenvalue weighted by atomic mass is 127. The summed E-state index contributed by atoms with van der Waals surface area (Å²) in [5, 5.41) is 6.63. The first-order chi connectivity index (χ1) is 13.3. The zero-order chi connectivity index (χ0) is 20.3. The highest BCUT2D eigenvalue weighted by Crippen LogP contribution is 2.16. The van der Waals surface area contributed by atoms with Crippen LogP contribution in [0.4, 0.5) is 4.79 Å². The maximum absolute atomic E-state index is 12.1. The minimum absolute atomic E-state index is 0. The quantitative estimate of drug-likeness (QED) is 0.373. The molecule has 0 spiro atoms. The molecule has 0 aliphatic carbocycles. The van der Waals surface area contributed by atoms with Crippen molar-refractivity contribution in [3.8, 4) is 0 Å². The molecule has 1 aliphatic rings. The second-order valence-electron chi connectivity index (χ2n) is 8.00. The van der Waals surface area contributed by atoms with Crippen molar-refractivity contribution in [2.24, 2.45) is 12.0 Å². The molecule has 1 amide bonds. The van der Waals surface area contributed by atoms with Crippen LogP contribution in [0.15, 0.2) is 29.3 Å². The minimum Gasteiger partial charge on any atom is -0.444 e. The molecule has 1 saturated heterocycles. The number of benzene rings is 1. The average Bonchev–Trinajstić information content (AvgIpc) is 2.90. The fraction of sp³-hybridized carbons (Fsp3) is 0.550. The first-order valence-corrected chi connectivity index (χ1v) is 9.70. The first kappa shape index (κ1) is 23.2. The van der Waals surface area contributed by atoms with Crippen molar-refractivity contribution in [1.29, 1.82) is 0 Å². The number of ether oxygens (including phenoxy) is 1. The van der Waals surface area contributed by atoms with E-state index in [4.69, 9.17) is 4.74 Å². The Morgan fingerprint density at radius 3 is 2.62 bits per heavy atom. The van der Waals surface area contributed by atoms with E-state index in [0.29, 0.717) is 19.6 Å². The van der Waals surface area contributed by atoms with Crippen LogP contribution in [-0.4, -0.2) is 57.8 Å². The van der Waals surface area contributed by atoms with Crippen molar-refractivity contribution in [2.45, 2.75) is 45.9 Å². The lowest BCUT2D eigenvalue weighted by molar-refractivity contribution is 0.00701. The van der Waals surface area contributed by atoms with Gasteiger partial charge in [0.15, 0.2) is 5.96 Å². The number of para-hydroxylation sites is 2. The number of imidazole rings is 1. The Balaban J connectivity index is 0.00000300. The van der Waals surface area contributed by atoms with E-state index in [1.54, 1.807) is 4.90 Å². The topological polar surface area (TPSA) is 83.8 Å². The molecular weight excluding hydrogens is 483 g/mol. The van der Waals surface area contributed by atoms with Gasteiger partial charge in [-0.25, -0.2) is 14.8 Å². The Morgan fingerprint density at radius 2 is 2.00 bits per heavy atom. The van der Waals surface area contributed by atoms with Crippen LogP contribution >= 0.6 is 24.0 Å². The number of aliphatic imine (C=N–C) groups is 1. The number of nitrogens with zero attached hydrogens (tertiary/aromatic N) is 4. The molecule has 1 aliphatic heterocycles. The summed E-state index contributed by atoms with van der Waals surface area (Å²) in [6.45, 7) is 10.1. The van der Waals surface area contributed by atoms with Crippen molar-refractivity contribution in [2.75, 3.05) is 19.6 Å². The monoisotopic (exact) mass is 514 g/mol. The van der Waals surface area contributed by atoms with Gasteiger partial charge < -0.3 is 24.8 Å². The number of rotatable bonds is 4. The summed E-state index contributed by atoms with van der Waals surface area (Å²) in [7, 11) is 2.01. The lowest BCUT2D eigenvalue weighted by atomic mass is 10.1. The van der Waals surface area contributed by atoms with Crippen LogP contribution in [-0.2, 0) is 18.3 Å². The van der Waals surface area contributed by atoms with Crippen LogP contribution in [0.2, 0.25) is 0 Å². The van der Waals surface area contributed by atoms with Crippen LogP contribution in [0.1, 0.15) is 33.5 Å². The Kier molecular flexibility index (Phi) is 7.73. The molecule has 0 unspecified atom stereocenters. The molecule has 1 aromatic carbocycles. The molecule has 0 radical (unpaired) electrons. The highest BCUT2D eigenvalue weighted by Gasteiger charge is 2.34. The van der Waals surface area contributed by atoms with Gasteiger partial charge in [0.2, 0.25) is 0 Å². The van der Waals surface area contributed by atoms with E-state index >= 15 is 0 Å². The normalized spacial score (nSPS) is 14.9. The van der Waals surface area contributed by atoms with Crippen LogP contribution in [0, 0.1) is 0 Å². The number of hydrogen-bond acceptors (Lipinski definition) is 4. The molecule has 3 rings (SSSR count). The number of hydrogen-bond donors (Lipinski definition) is 2. The van der Waals surface area contributed by atoms with E-state index in [-0.39, 0.29) is 36.1 Å². The molecule has 2 heterocycles. The largest absolute Gasteiger partial charge is 0.444 e. The van der Waals surface area contributed by atoms with E-state index in [1.807, 2.05) is 52.9 Å². The summed E-state index contributed by atoms with van der Waals surface area (Å²) in [5.41, 5.74) is 1.59. The Hall–Kier alpha value is -2.04. The second kappa shape index (κ2) is 9.64. The Labute approximate surface area is 189 Å². The van der Waals surface area contributed by atoms with Crippen molar-refractivity contribution in [3.63, 3.8) is 0 Å².